The Balaban J connectivity index is 1.98. The second-order valence-corrected chi connectivity index (χ2v) is 4.76. The molecule has 1 aliphatic carbocycles. The maximum absolute atomic E-state index is 10.2. The molecule has 0 saturated heterocycles. The fraction of sp³-hybridized carbons (Fsp3) is 0.667. The highest BCUT2D eigenvalue weighted by atomic mass is 16.3. The van der Waals surface area contributed by atoms with Crippen LogP contribution in [0.5, 0.6) is 0 Å². The molecule has 1 fully saturated rings. The first-order valence-electron chi connectivity index (χ1n) is 5.86. The van der Waals surface area contributed by atoms with Crippen molar-refractivity contribution in [3.05, 3.63) is 17.5 Å². The largest absolute Gasteiger partial charge is 0.388 e. The van der Waals surface area contributed by atoms with Crippen molar-refractivity contribution in [2.75, 3.05) is 11.9 Å². The van der Waals surface area contributed by atoms with Crippen molar-refractivity contribution in [3.63, 3.8) is 0 Å². The molecule has 16 heavy (non-hydrogen) atoms. The summed E-state index contributed by atoms with van der Waals surface area (Å²) in [6.07, 6.45) is 3.99. The minimum absolute atomic E-state index is 0.551. The molecule has 0 spiro atoms. The fourth-order valence-corrected chi connectivity index (χ4v) is 2.26. The van der Waals surface area contributed by atoms with Gasteiger partial charge in [0.25, 0.3) is 0 Å². The van der Waals surface area contributed by atoms with Gasteiger partial charge in [-0.2, -0.15) is 0 Å². The van der Waals surface area contributed by atoms with Gasteiger partial charge in [-0.05, 0) is 32.8 Å². The Morgan fingerprint density at radius 3 is 2.38 bits per heavy atom. The third-order valence-electron chi connectivity index (χ3n) is 3.09. The molecule has 1 saturated carbocycles. The standard InChI is InChI=1S/C12H19N3O/c1-9-7-10(2)15-11(14-9)13-8-12(16)5-3-4-6-12/h7,16H,3-6,8H2,1-2H3,(H,13,14,15). The van der Waals surface area contributed by atoms with Crippen molar-refractivity contribution in [1.29, 1.82) is 0 Å². The first-order chi connectivity index (χ1) is 7.57. The van der Waals surface area contributed by atoms with Gasteiger partial charge in [0.2, 0.25) is 5.95 Å². The van der Waals surface area contributed by atoms with Crippen LogP contribution in [0.25, 0.3) is 0 Å². The van der Waals surface area contributed by atoms with Gasteiger partial charge < -0.3 is 10.4 Å². The molecule has 0 amide bonds. The van der Waals surface area contributed by atoms with Gasteiger partial charge in [-0.3, -0.25) is 0 Å². The van der Waals surface area contributed by atoms with Crippen molar-refractivity contribution in [1.82, 2.24) is 9.97 Å². The van der Waals surface area contributed by atoms with Crippen molar-refractivity contribution in [3.8, 4) is 0 Å². The molecule has 0 unspecified atom stereocenters. The molecule has 1 heterocycles. The number of nitrogens with one attached hydrogen (secondary N) is 1. The Morgan fingerprint density at radius 2 is 1.81 bits per heavy atom. The maximum atomic E-state index is 10.2. The number of hydrogen-bond acceptors (Lipinski definition) is 4. The zero-order valence-electron chi connectivity index (χ0n) is 9.95. The van der Waals surface area contributed by atoms with E-state index in [0.29, 0.717) is 12.5 Å². The first kappa shape index (κ1) is 11.3. The SMILES string of the molecule is Cc1cc(C)nc(NCC2(O)CCCC2)n1. The second kappa shape index (κ2) is 4.37. The van der Waals surface area contributed by atoms with Crippen molar-refractivity contribution in [2.24, 2.45) is 0 Å². The lowest BCUT2D eigenvalue weighted by Gasteiger charge is -2.22. The molecule has 4 heteroatoms. The van der Waals surface area contributed by atoms with Gasteiger partial charge in [-0.25, -0.2) is 9.97 Å². The summed E-state index contributed by atoms with van der Waals surface area (Å²) in [6, 6.07) is 1.94. The second-order valence-electron chi connectivity index (χ2n) is 4.76. The maximum Gasteiger partial charge on any atom is 0.223 e. The number of rotatable bonds is 3. The number of hydrogen-bond donors (Lipinski definition) is 2. The van der Waals surface area contributed by atoms with Gasteiger partial charge in [0.05, 0.1) is 5.60 Å². The van der Waals surface area contributed by atoms with Gasteiger partial charge in [0.15, 0.2) is 0 Å². The quantitative estimate of drug-likeness (QED) is 0.817. The average molecular weight is 221 g/mol. The van der Waals surface area contributed by atoms with Gasteiger partial charge >= 0.3 is 0 Å². The topological polar surface area (TPSA) is 58.0 Å². The molecule has 2 rings (SSSR count). The molecule has 0 aliphatic heterocycles. The summed E-state index contributed by atoms with van der Waals surface area (Å²) in [4.78, 5) is 8.59. The van der Waals surface area contributed by atoms with Gasteiger partial charge in [-0.1, -0.05) is 12.8 Å². The van der Waals surface area contributed by atoms with Gasteiger partial charge in [0, 0.05) is 17.9 Å². The minimum Gasteiger partial charge on any atom is -0.388 e. The number of aromatic nitrogens is 2. The predicted molar refractivity (Wildman–Crippen MR) is 63.4 cm³/mol. The van der Waals surface area contributed by atoms with Gasteiger partial charge in [0.1, 0.15) is 0 Å². The van der Waals surface area contributed by atoms with E-state index in [-0.39, 0.29) is 0 Å². The van der Waals surface area contributed by atoms with E-state index in [1.54, 1.807) is 0 Å². The number of nitrogens with zero attached hydrogens (tertiary/aromatic N) is 2. The highest BCUT2D eigenvalue weighted by Gasteiger charge is 2.30. The normalized spacial score (nSPS) is 18.7. The van der Waals surface area contributed by atoms with Crippen LogP contribution in [0, 0.1) is 13.8 Å². The molecule has 0 aromatic carbocycles. The van der Waals surface area contributed by atoms with Crippen LogP contribution in [-0.2, 0) is 0 Å². The lowest BCUT2D eigenvalue weighted by Crippen LogP contribution is -2.34. The van der Waals surface area contributed by atoms with Crippen molar-refractivity contribution < 1.29 is 5.11 Å². The lowest BCUT2D eigenvalue weighted by molar-refractivity contribution is 0.0613. The molecule has 0 radical (unpaired) electrons. The summed E-state index contributed by atoms with van der Waals surface area (Å²) in [5.74, 6) is 0.623. The Labute approximate surface area is 96.1 Å². The van der Waals surface area contributed by atoms with Crippen molar-refractivity contribution in [2.45, 2.75) is 45.1 Å². The highest BCUT2D eigenvalue weighted by Crippen LogP contribution is 2.29. The van der Waals surface area contributed by atoms with E-state index in [1.807, 2.05) is 19.9 Å². The summed E-state index contributed by atoms with van der Waals surface area (Å²) in [5, 5.41) is 13.3. The Bertz CT molecular complexity index is 352. The van der Waals surface area contributed by atoms with Gasteiger partial charge in [-0.15, -0.1) is 0 Å². The van der Waals surface area contributed by atoms with E-state index >= 15 is 0 Å². The van der Waals surface area contributed by atoms with E-state index in [9.17, 15) is 5.11 Å². The summed E-state index contributed by atoms with van der Waals surface area (Å²) in [7, 11) is 0. The summed E-state index contributed by atoms with van der Waals surface area (Å²) in [5.41, 5.74) is 1.35. The molecule has 1 aromatic heterocycles. The number of aryl methyl sites for hydroxylation is 2. The molecule has 0 atom stereocenters. The number of anilines is 1. The van der Waals surface area contributed by atoms with Crippen LogP contribution in [0.3, 0.4) is 0 Å². The summed E-state index contributed by atoms with van der Waals surface area (Å²) < 4.78 is 0. The molecular formula is C12H19N3O. The van der Waals surface area contributed by atoms with Crippen LogP contribution in [0.2, 0.25) is 0 Å². The van der Waals surface area contributed by atoms with E-state index in [2.05, 4.69) is 15.3 Å². The van der Waals surface area contributed by atoms with E-state index in [1.165, 1.54) is 0 Å². The molecule has 4 nitrogen and oxygen atoms in total. The summed E-state index contributed by atoms with van der Waals surface area (Å²) >= 11 is 0. The van der Waals surface area contributed by atoms with Crippen LogP contribution < -0.4 is 5.32 Å². The fourth-order valence-electron chi connectivity index (χ4n) is 2.26. The van der Waals surface area contributed by atoms with E-state index in [0.717, 1.165) is 37.1 Å². The molecule has 1 aromatic rings. The lowest BCUT2D eigenvalue weighted by atomic mass is 10.0. The van der Waals surface area contributed by atoms with E-state index in [4.69, 9.17) is 0 Å². The molecule has 1 aliphatic rings. The van der Waals surface area contributed by atoms with Crippen molar-refractivity contribution >= 4 is 5.95 Å². The third kappa shape index (κ3) is 2.70. The number of aliphatic hydroxyl groups is 1. The Hall–Kier alpha value is -1.16. The molecule has 0 bridgehead atoms. The smallest absolute Gasteiger partial charge is 0.223 e. The molecular weight excluding hydrogens is 202 g/mol. The van der Waals surface area contributed by atoms with Crippen LogP contribution in [-0.4, -0.2) is 27.2 Å². The monoisotopic (exact) mass is 221 g/mol. The van der Waals surface area contributed by atoms with Crippen LogP contribution in [0.1, 0.15) is 37.1 Å². The van der Waals surface area contributed by atoms with Crippen LogP contribution in [0.4, 0.5) is 5.95 Å². The Kier molecular flexibility index (Phi) is 3.10. The van der Waals surface area contributed by atoms with E-state index < -0.39 is 5.60 Å². The molecule has 2 N–H and O–H groups in total. The zero-order valence-corrected chi connectivity index (χ0v) is 9.95. The molecule has 88 valence electrons. The van der Waals surface area contributed by atoms with Crippen LogP contribution in [0.15, 0.2) is 6.07 Å². The first-order valence-corrected chi connectivity index (χ1v) is 5.86. The van der Waals surface area contributed by atoms with Crippen LogP contribution >= 0.6 is 0 Å². The summed E-state index contributed by atoms with van der Waals surface area (Å²) in [6.45, 7) is 4.45. The predicted octanol–water partition coefficient (Wildman–Crippen LogP) is 1.81. The minimum atomic E-state index is -0.555. The average Bonchev–Trinajstić information content (AvgIpc) is 2.62. The third-order valence-corrected chi connectivity index (χ3v) is 3.09. The Morgan fingerprint density at radius 1 is 1.25 bits per heavy atom. The highest BCUT2D eigenvalue weighted by molar-refractivity contribution is 5.28. The zero-order chi connectivity index (χ0) is 11.6.